The molecule has 1 N–H and O–H groups in total. The number of ketones is 2. The highest BCUT2D eigenvalue weighted by Gasteiger charge is 1.97. The van der Waals surface area contributed by atoms with Crippen LogP contribution < -0.4 is 0 Å². The standard InChI is InChI=1S/C6H4O2.HN3O3S/c7-5-1-2-6(8)4-3-5;1-2-3-7(4,5)6/h1-4H;(H,4,5,6). The van der Waals surface area contributed by atoms with Crippen molar-refractivity contribution in [1.29, 1.82) is 0 Å². The van der Waals surface area contributed by atoms with Crippen LogP contribution in [-0.4, -0.2) is 24.5 Å². The van der Waals surface area contributed by atoms with E-state index >= 15 is 0 Å². The third kappa shape index (κ3) is 8.37. The quantitative estimate of drug-likeness (QED) is 0.228. The predicted octanol–water partition coefficient (Wildman–Crippen LogP) is 0.350. The summed E-state index contributed by atoms with van der Waals surface area (Å²) >= 11 is 0. The molecular weight excluding hydrogens is 226 g/mol. The maximum Gasteiger partial charge on any atom is 0.356 e. The van der Waals surface area contributed by atoms with Gasteiger partial charge in [-0.25, -0.2) is 0 Å². The Hall–Kier alpha value is -1.96. The molecule has 0 aliphatic heterocycles. The Morgan fingerprint density at radius 1 is 1.13 bits per heavy atom. The summed E-state index contributed by atoms with van der Waals surface area (Å²) in [7, 11) is -4.47. The highest BCUT2D eigenvalue weighted by atomic mass is 32.2. The maximum atomic E-state index is 10.3. The van der Waals surface area contributed by atoms with Gasteiger partial charge < -0.3 is 0 Å². The van der Waals surface area contributed by atoms with Crippen LogP contribution >= 0.6 is 0 Å². The second kappa shape index (κ2) is 5.70. The van der Waals surface area contributed by atoms with Gasteiger partial charge in [0.1, 0.15) is 0 Å². The van der Waals surface area contributed by atoms with Crippen molar-refractivity contribution in [1.82, 2.24) is 0 Å². The molecule has 80 valence electrons. The number of rotatable bonds is 1. The van der Waals surface area contributed by atoms with E-state index in [9.17, 15) is 18.0 Å². The molecule has 0 amide bonds. The second-order valence-electron chi connectivity index (χ2n) is 2.09. The van der Waals surface area contributed by atoms with E-state index in [1.165, 1.54) is 24.3 Å². The molecule has 1 aliphatic rings. The van der Waals surface area contributed by atoms with E-state index in [0.717, 1.165) is 0 Å². The van der Waals surface area contributed by atoms with Crippen molar-refractivity contribution in [2.24, 2.45) is 4.52 Å². The minimum atomic E-state index is -4.47. The zero-order valence-electron chi connectivity index (χ0n) is 7.14. The van der Waals surface area contributed by atoms with Gasteiger partial charge in [-0.05, 0) is 29.8 Å². The first-order valence-electron chi connectivity index (χ1n) is 3.33. The van der Waals surface area contributed by atoms with Crippen LogP contribution in [0.4, 0.5) is 0 Å². The fourth-order valence-corrected chi connectivity index (χ4v) is 0.578. The SMILES string of the molecule is O=C1C=CC(=O)C=C1.[N-]=[N+]=NS(=O)(=O)O. The van der Waals surface area contributed by atoms with Crippen LogP contribution in [0.5, 0.6) is 0 Å². The highest BCUT2D eigenvalue weighted by molar-refractivity contribution is 7.84. The molecule has 0 bridgehead atoms. The fraction of sp³-hybridized carbons (Fsp3) is 0. The van der Waals surface area contributed by atoms with Crippen LogP contribution in [0.2, 0.25) is 0 Å². The van der Waals surface area contributed by atoms with Crippen molar-refractivity contribution in [3.05, 3.63) is 34.7 Å². The van der Waals surface area contributed by atoms with E-state index in [1.807, 2.05) is 4.52 Å². The number of hydrogen-bond donors (Lipinski definition) is 1. The van der Waals surface area contributed by atoms with Crippen molar-refractivity contribution >= 4 is 21.9 Å². The Bertz CT molecular complexity index is 431. The topological polar surface area (TPSA) is 137 Å². The lowest BCUT2D eigenvalue weighted by Crippen LogP contribution is -1.97. The van der Waals surface area contributed by atoms with Gasteiger partial charge in [0, 0.05) is 4.91 Å². The molecule has 0 spiro atoms. The fourth-order valence-electron chi connectivity index (χ4n) is 0.486. The van der Waals surface area contributed by atoms with Crippen LogP contribution in [-0.2, 0) is 19.9 Å². The van der Waals surface area contributed by atoms with E-state index < -0.39 is 10.3 Å². The first-order valence-corrected chi connectivity index (χ1v) is 4.73. The van der Waals surface area contributed by atoms with E-state index in [-0.39, 0.29) is 11.6 Å². The lowest BCUT2D eigenvalue weighted by molar-refractivity contribution is -0.113. The monoisotopic (exact) mass is 231 g/mol. The summed E-state index contributed by atoms with van der Waals surface area (Å²) in [5, 5.41) is 0. The average molecular weight is 231 g/mol. The van der Waals surface area contributed by atoms with Gasteiger partial charge >= 0.3 is 10.3 Å². The lowest BCUT2D eigenvalue weighted by atomic mass is 10.2. The molecule has 1 rings (SSSR count). The number of allylic oxidation sites excluding steroid dienone is 4. The van der Waals surface area contributed by atoms with Gasteiger partial charge in [0.05, 0.1) is 4.52 Å². The third-order valence-electron chi connectivity index (χ3n) is 0.963. The van der Waals surface area contributed by atoms with Crippen LogP contribution in [0.3, 0.4) is 0 Å². The van der Waals surface area contributed by atoms with Gasteiger partial charge in [0.15, 0.2) is 11.6 Å². The third-order valence-corrected chi connectivity index (χ3v) is 1.24. The van der Waals surface area contributed by atoms with Crippen molar-refractivity contribution < 1.29 is 22.6 Å². The van der Waals surface area contributed by atoms with Gasteiger partial charge in [-0.1, -0.05) is 0 Å². The van der Waals surface area contributed by atoms with Crippen LogP contribution in [0.1, 0.15) is 0 Å². The molecule has 1 aliphatic carbocycles. The number of nitrogens with zero attached hydrogens (tertiary/aromatic N) is 3. The minimum absolute atomic E-state index is 0.121. The zero-order chi connectivity index (χ0) is 11.9. The molecule has 0 saturated heterocycles. The molecule has 0 aromatic carbocycles. The summed E-state index contributed by atoms with van der Waals surface area (Å²) in [5.41, 5.74) is 7.32. The molecule has 0 atom stereocenters. The smallest absolute Gasteiger partial charge is 0.290 e. The summed E-state index contributed by atoms with van der Waals surface area (Å²) in [4.78, 5) is 22.4. The van der Waals surface area contributed by atoms with E-state index in [1.54, 1.807) is 4.91 Å². The number of carbonyl (C=O) groups excluding carboxylic acids is 2. The molecule has 8 nitrogen and oxygen atoms in total. The first kappa shape index (κ1) is 13.0. The van der Waals surface area contributed by atoms with Crippen molar-refractivity contribution in [2.45, 2.75) is 0 Å². The van der Waals surface area contributed by atoms with Gasteiger partial charge in [0.25, 0.3) is 0 Å². The number of hydrogen-bond acceptors (Lipinski definition) is 4. The molecule has 0 unspecified atom stereocenters. The Kier molecular flexibility index (Phi) is 4.96. The molecule has 0 heterocycles. The summed E-state index contributed by atoms with van der Waals surface area (Å²) in [6, 6.07) is 0. The zero-order valence-corrected chi connectivity index (χ0v) is 7.96. The maximum absolute atomic E-state index is 10.3. The summed E-state index contributed by atoms with van der Waals surface area (Å²) in [6.45, 7) is 0. The van der Waals surface area contributed by atoms with Crippen molar-refractivity contribution in [3.8, 4) is 0 Å². The highest BCUT2D eigenvalue weighted by Crippen LogP contribution is 1.90. The molecule has 0 fully saturated rings. The lowest BCUT2D eigenvalue weighted by Gasteiger charge is -1.87. The van der Waals surface area contributed by atoms with Gasteiger partial charge in [-0.3, -0.25) is 14.1 Å². The predicted molar refractivity (Wildman–Crippen MR) is 49.0 cm³/mol. The number of azide groups is 1. The Morgan fingerprint density at radius 3 is 1.60 bits per heavy atom. The molecular formula is C6H5N3O5S. The van der Waals surface area contributed by atoms with Crippen LogP contribution in [0, 0.1) is 0 Å². The summed E-state index contributed by atoms with van der Waals surface area (Å²) in [5.74, 6) is -0.241. The number of carbonyl (C=O) groups is 2. The summed E-state index contributed by atoms with van der Waals surface area (Å²) in [6.07, 6.45) is 5.01. The molecule has 15 heavy (non-hydrogen) atoms. The van der Waals surface area contributed by atoms with Gasteiger partial charge in [-0.15, -0.1) is 0 Å². The van der Waals surface area contributed by atoms with Gasteiger partial charge in [0.2, 0.25) is 0 Å². The van der Waals surface area contributed by atoms with Gasteiger partial charge in [-0.2, -0.15) is 8.42 Å². The summed E-state index contributed by atoms with van der Waals surface area (Å²) < 4.78 is 28.3. The van der Waals surface area contributed by atoms with Crippen LogP contribution in [0.15, 0.2) is 28.8 Å². The molecule has 0 aromatic heterocycles. The normalized spacial score (nSPS) is 13.9. The molecule has 0 saturated carbocycles. The Labute approximate surface area is 84.4 Å². The Morgan fingerprint density at radius 2 is 1.47 bits per heavy atom. The van der Waals surface area contributed by atoms with Crippen molar-refractivity contribution in [2.75, 3.05) is 0 Å². The Balaban J connectivity index is 0.000000265. The largest absolute Gasteiger partial charge is 0.356 e. The molecule has 0 aromatic rings. The second-order valence-corrected chi connectivity index (χ2v) is 3.15. The average Bonchev–Trinajstić information content (AvgIpc) is 2.09. The first-order chi connectivity index (χ1) is 6.85. The molecule has 9 heteroatoms. The molecule has 0 radical (unpaired) electrons. The minimum Gasteiger partial charge on any atom is -0.290 e. The van der Waals surface area contributed by atoms with E-state index in [2.05, 4.69) is 0 Å². The van der Waals surface area contributed by atoms with Crippen LogP contribution in [0.25, 0.3) is 10.4 Å². The van der Waals surface area contributed by atoms with Crippen molar-refractivity contribution in [3.63, 3.8) is 0 Å². The van der Waals surface area contributed by atoms with E-state index in [4.69, 9.17) is 10.1 Å². The van der Waals surface area contributed by atoms with E-state index in [0.29, 0.717) is 0 Å².